The standard InChI is InChI=1S/C15H21NO2/c1-2-5-13(17)14-12-7-4-3-6-10(12)8-11(9-16)15(14)18/h8,18H,2-7,9,16H2,1H3. The number of aromatic hydroxyl groups is 1. The number of nitrogens with two attached hydrogens (primary N) is 1. The minimum Gasteiger partial charge on any atom is -0.507 e. The lowest BCUT2D eigenvalue weighted by Crippen LogP contribution is -2.13. The number of phenolic OH excluding ortho intramolecular Hbond substituents is 1. The van der Waals surface area contributed by atoms with E-state index >= 15 is 0 Å². The molecule has 0 fully saturated rings. The van der Waals surface area contributed by atoms with Gasteiger partial charge in [0.1, 0.15) is 5.75 Å². The number of fused-ring (bicyclic) bond motifs is 1. The molecule has 1 aliphatic carbocycles. The van der Waals surface area contributed by atoms with Gasteiger partial charge >= 0.3 is 0 Å². The van der Waals surface area contributed by atoms with Crippen molar-refractivity contribution in [3.05, 3.63) is 28.3 Å². The van der Waals surface area contributed by atoms with E-state index in [0.29, 0.717) is 17.5 Å². The first kappa shape index (κ1) is 13.1. The van der Waals surface area contributed by atoms with Crippen molar-refractivity contribution in [2.24, 2.45) is 5.73 Å². The Labute approximate surface area is 108 Å². The third-order valence-corrected chi connectivity index (χ3v) is 3.68. The molecule has 18 heavy (non-hydrogen) atoms. The molecule has 1 aliphatic rings. The van der Waals surface area contributed by atoms with Crippen molar-refractivity contribution in [2.75, 3.05) is 0 Å². The maximum Gasteiger partial charge on any atom is 0.166 e. The zero-order valence-corrected chi connectivity index (χ0v) is 11.0. The van der Waals surface area contributed by atoms with Crippen molar-refractivity contribution in [3.63, 3.8) is 0 Å². The summed E-state index contributed by atoms with van der Waals surface area (Å²) in [4.78, 5) is 12.2. The van der Waals surface area contributed by atoms with Crippen molar-refractivity contribution in [1.29, 1.82) is 0 Å². The Morgan fingerprint density at radius 1 is 1.39 bits per heavy atom. The van der Waals surface area contributed by atoms with E-state index in [0.717, 1.165) is 37.7 Å². The SMILES string of the molecule is CCCC(=O)c1c(O)c(CN)cc2c1CCCC2. The zero-order valence-electron chi connectivity index (χ0n) is 11.0. The molecule has 3 nitrogen and oxygen atoms in total. The van der Waals surface area contributed by atoms with Crippen LogP contribution in [0.15, 0.2) is 6.07 Å². The largest absolute Gasteiger partial charge is 0.507 e. The van der Waals surface area contributed by atoms with Crippen LogP contribution in [0.5, 0.6) is 5.75 Å². The van der Waals surface area contributed by atoms with Gasteiger partial charge in [-0.1, -0.05) is 13.0 Å². The van der Waals surface area contributed by atoms with Crippen molar-refractivity contribution < 1.29 is 9.90 Å². The van der Waals surface area contributed by atoms with Gasteiger partial charge in [0, 0.05) is 18.5 Å². The molecule has 98 valence electrons. The van der Waals surface area contributed by atoms with E-state index in [1.54, 1.807) is 0 Å². The Morgan fingerprint density at radius 3 is 2.78 bits per heavy atom. The Hall–Kier alpha value is -1.35. The van der Waals surface area contributed by atoms with E-state index in [2.05, 4.69) is 0 Å². The summed E-state index contributed by atoms with van der Waals surface area (Å²) in [6.45, 7) is 2.26. The molecule has 3 heteroatoms. The lowest BCUT2D eigenvalue weighted by Gasteiger charge is -2.21. The molecule has 0 unspecified atom stereocenters. The van der Waals surface area contributed by atoms with Crippen LogP contribution >= 0.6 is 0 Å². The second-order valence-electron chi connectivity index (χ2n) is 4.98. The maximum atomic E-state index is 12.2. The summed E-state index contributed by atoms with van der Waals surface area (Å²) < 4.78 is 0. The van der Waals surface area contributed by atoms with Crippen LogP contribution in [0.1, 0.15) is 59.7 Å². The van der Waals surface area contributed by atoms with Crippen LogP contribution in [-0.2, 0) is 19.4 Å². The van der Waals surface area contributed by atoms with Gasteiger partial charge in [-0.25, -0.2) is 0 Å². The molecular weight excluding hydrogens is 226 g/mol. The van der Waals surface area contributed by atoms with E-state index in [4.69, 9.17) is 5.73 Å². The molecule has 2 rings (SSSR count). The van der Waals surface area contributed by atoms with E-state index < -0.39 is 0 Å². The highest BCUT2D eigenvalue weighted by Gasteiger charge is 2.23. The number of benzene rings is 1. The molecule has 1 aromatic carbocycles. The fourth-order valence-corrected chi connectivity index (χ4v) is 2.76. The number of carbonyl (C=O) groups excluding carboxylic acids is 1. The molecular formula is C15H21NO2. The molecule has 0 amide bonds. The number of rotatable bonds is 4. The van der Waals surface area contributed by atoms with Crippen LogP contribution in [0.3, 0.4) is 0 Å². The van der Waals surface area contributed by atoms with Crippen LogP contribution in [0.4, 0.5) is 0 Å². The summed E-state index contributed by atoms with van der Waals surface area (Å²) in [6.07, 6.45) is 5.45. The molecule has 0 spiro atoms. The summed E-state index contributed by atoms with van der Waals surface area (Å²) in [6, 6.07) is 1.98. The third kappa shape index (κ3) is 2.27. The summed E-state index contributed by atoms with van der Waals surface area (Å²) in [5.74, 6) is 0.181. The van der Waals surface area contributed by atoms with E-state index in [9.17, 15) is 9.90 Å². The van der Waals surface area contributed by atoms with Gasteiger partial charge in [0.05, 0.1) is 5.56 Å². The number of ketones is 1. The molecule has 0 bridgehead atoms. The van der Waals surface area contributed by atoms with Crippen LogP contribution in [0.25, 0.3) is 0 Å². The number of hydrogen-bond acceptors (Lipinski definition) is 3. The smallest absolute Gasteiger partial charge is 0.166 e. The topological polar surface area (TPSA) is 63.3 Å². The molecule has 0 radical (unpaired) electrons. The Kier molecular flexibility index (Phi) is 4.02. The zero-order chi connectivity index (χ0) is 13.1. The van der Waals surface area contributed by atoms with E-state index in [-0.39, 0.29) is 18.1 Å². The lowest BCUT2D eigenvalue weighted by molar-refractivity contribution is 0.0977. The number of carbonyl (C=O) groups is 1. The van der Waals surface area contributed by atoms with Gasteiger partial charge in [-0.3, -0.25) is 4.79 Å². The minimum absolute atomic E-state index is 0.0587. The average molecular weight is 247 g/mol. The van der Waals surface area contributed by atoms with Gasteiger partial charge in [0.25, 0.3) is 0 Å². The highest BCUT2D eigenvalue weighted by Crippen LogP contribution is 2.34. The Bertz CT molecular complexity index is 466. The van der Waals surface area contributed by atoms with Gasteiger partial charge in [-0.15, -0.1) is 0 Å². The van der Waals surface area contributed by atoms with Crippen molar-refractivity contribution in [1.82, 2.24) is 0 Å². The Morgan fingerprint density at radius 2 is 2.11 bits per heavy atom. The van der Waals surface area contributed by atoms with Crippen molar-refractivity contribution in [3.8, 4) is 5.75 Å². The highest BCUT2D eigenvalue weighted by atomic mass is 16.3. The van der Waals surface area contributed by atoms with Gasteiger partial charge in [0.2, 0.25) is 0 Å². The first-order chi connectivity index (χ1) is 8.69. The predicted molar refractivity (Wildman–Crippen MR) is 71.9 cm³/mol. The number of Topliss-reactive ketones (excluding diaryl/α,β-unsaturated/α-hetero) is 1. The number of phenols is 1. The van der Waals surface area contributed by atoms with Gasteiger partial charge in [-0.2, -0.15) is 0 Å². The summed E-state index contributed by atoms with van der Waals surface area (Å²) in [5, 5.41) is 10.2. The van der Waals surface area contributed by atoms with Gasteiger partial charge in [0.15, 0.2) is 5.78 Å². The first-order valence-corrected chi connectivity index (χ1v) is 6.78. The molecule has 0 aromatic heterocycles. The second-order valence-corrected chi connectivity index (χ2v) is 4.98. The van der Waals surface area contributed by atoms with Crippen molar-refractivity contribution in [2.45, 2.75) is 52.0 Å². The fourth-order valence-electron chi connectivity index (χ4n) is 2.76. The van der Waals surface area contributed by atoms with Crippen LogP contribution in [-0.4, -0.2) is 10.9 Å². The minimum atomic E-state index is 0.0587. The highest BCUT2D eigenvalue weighted by molar-refractivity contribution is 6.00. The van der Waals surface area contributed by atoms with E-state index in [1.807, 2.05) is 13.0 Å². The van der Waals surface area contributed by atoms with Gasteiger partial charge in [-0.05, 0) is 43.2 Å². The second kappa shape index (κ2) is 5.53. The summed E-state index contributed by atoms with van der Waals surface area (Å²) in [7, 11) is 0. The molecule has 0 saturated carbocycles. The average Bonchev–Trinajstić information content (AvgIpc) is 2.38. The first-order valence-electron chi connectivity index (χ1n) is 6.78. The molecule has 0 aliphatic heterocycles. The molecule has 1 aromatic rings. The van der Waals surface area contributed by atoms with Crippen LogP contribution in [0.2, 0.25) is 0 Å². The Balaban J connectivity index is 2.56. The fraction of sp³-hybridized carbons (Fsp3) is 0.533. The lowest BCUT2D eigenvalue weighted by atomic mass is 9.84. The van der Waals surface area contributed by atoms with Crippen molar-refractivity contribution >= 4 is 5.78 Å². The summed E-state index contributed by atoms with van der Waals surface area (Å²) >= 11 is 0. The van der Waals surface area contributed by atoms with Crippen LogP contribution < -0.4 is 5.73 Å². The summed E-state index contributed by atoms with van der Waals surface area (Å²) in [5.41, 5.74) is 9.18. The van der Waals surface area contributed by atoms with Gasteiger partial charge < -0.3 is 10.8 Å². The molecule has 0 saturated heterocycles. The third-order valence-electron chi connectivity index (χ3n) is 3.68. The quantitative estimate of drug-likeness (QED) is 0.804. The normalized spacial score (nSPS) is 14.3. The number of hydrogen-bond donors (Lipinski definition) is 2. The van der Waals surface area contributed by atoms with E-state index in [1.165, 1.54) is 5.56 Å². The predicted octanol–water partition coefficient (Wildman–Crippen LogP) is 2.71. The maximum absolute atomic E-state index is 12.2. The molecule has 0 atom stereocenters. The molecule has 0 heterocycles. The molecule has 3 N–H and O–H groups in total. The van der Waals surface area contributed by atoms with Crippen LogP contribution in [0, 0.1) is 0 Å². The number of aryl methyl sites for hydroxylation is 1. The monoisotopic (exact) mass is 247 g/mol.